The number of nitrogens with zero attached hydrogens (tertiary/aromatic N) is 2. The lowest BCUT2D eigenvalue weighted by molar-refractivity contribution is 0.594. The monoisotopic (exact) mass is 365 g/mol. The van der Waals surface area contributed by atoms with Crippen LogP contribution in [0.25, 0.3) is 0 Å². The SMILES string of the molecule is CN(c1ccc(Br)cc1N)S(=O)(=O)c1cccc(C#N)c1. The number of anilines is 2. The normalized spacial score (nSPS) is 10.9. The van der Waals surface area contributed by atoms with Gasteiger partial charge < -0.3 is 5.73 Å². The van der Waals surface area contributed by atoms with Gasteiger partial charge in [0.25, 0.3) is 10.0 Å². The molecule has 0 fully saturated rings. The summed E-state index contributed by atoms with van der Waals surface area (Å²) in [4.78, 5) is 0.0476. The Morgan fingerprint density at radius 1 is 1.24 bits per heavy atom. The number of nitrogens with two attached hydrogens (primary N) is 1. The molecule has 2 rings (SSSR count). The third-order valence-electron chi connectivity index (χ3n) is 2.95. The fourth-order valence-corrected chi connectivity index (χ4v) is 3.47. The van der Waals surface area contributed by atoms with Crippen LogP contribution in [-0.2, 0) is 10.0 Å². The van der Waals surface area contributed by atoms with E-state index in [1.54, 1.807) is 24.3 Å². The maximum absolute atomic E-state index is 12.6. The first-order chi connectivity index (χ1) is 9.86. The Hall–Kier alpha value is -2.04. The van der Waals surface area contributed by atoms with Crippen molar-refractivity contribution < 1.29 is 8.42 Å². The molecule has 0 heterocycles. The summed E-state index contributed by atoms with van der Waals surface area (Å²) in [6.07, 6.45) is 0. The number of rotatable bonds is 3. The Kier molecular flexibility index (Phi) is 4.21. The fourth-order valence-electron chi connectivity index (χ4n) is 1.83. The van der Waals surface area contributed by atoms with Gasteiger partial charge in [0.1, 0.15) is 0 Å². The van der Waals surface area contributed by atoms with E-state index in [0.717, 1.165) is 8.78 Å². The molecule has 0 radical (unpaired) electrons. The second-order valence-corrected chi connectivity index (χ2v) is 7.20. The Balaban J connectivity index is 2.50. The van der Waals surface area contributed by atoms with Crippen LogP contribution in [0.4, 0.5) is 11.4 Å². The van der Waals surface area contributed by atoms with Crippen molar-refractivity contribution in [2.45, 2.75) is 4.90 Å². The third kappa shape index (κ3) is 3.01. The molecule has 0 atom stereocenters. The molecule has 0 aromatic heterocycles. The van der Waals surface area contributed by atoms with Crippen molar-refractivity contribution in [1.82, 2.24) is 0 Å². The third-order valence-corrected chi connectivity index (χ3v) is 5.21. The van der Waals surface area contributed by atoms with Gasteiger partial charge >= 0.3 is 0 Å². The molecule has 7 heteroatoms. The summed E-state index contributed by atoms with van der Waals surface area (Å²) in [7, 11) is -2.35. The lowest BCUT2D eigenvalue weighted by Gasteiger charge is -2.21. The van der Waals surface area contributed by atoms with E-state index in [1.165, 1.54) is 25.2 Å². The van der Waals surface area contributed by atoms with Crippen molar-refractivity contribution in [1.29, 1.82) is 5.26 Å². The van der Waals surface area contributed by atoms with Crippen molar-refractivity contribution in [3.8, 4) is 6.07 Å². The number of sulfonamides is 1. The van der Waals surface area contributed by atoms with E-state index >= 15 is 0 Å². The number of hydrogen-bond acceptors (Lipinski definition) is 4. The smallest absolute Gasteiger partial charge is 0.264 e. The minimum Gasteiger partial charge on any atom is -0.397 e. The van der Waals surface area contributed by atoms with Crippen LogP contribution < -0.4 is 10.0 Å². The molecule has 2 aromatic rings. The van der Waals surface area contributed by atoms with Crippen LogP contribution >= 0.6 is 15.9 Å². The van der Waals surface area contributed by atoms with Gasteiger partial charge in [-0.05, 0) is 36.4 Å². The van der Waals surface area contributed by atoms with Crippen LogP contribution in [0, 0.1) is 11.3 Å². The summed E-state index contributed by atoms with van der Waals surface area (Å²) in [6.45, 7) is 0. The maximum atomic E-state index is 12.6. The number of nitrogen functional groups attached to an aromatic ring is 1. The van der Waals surface area contributed by atoms with Crippen LogP contribution in [0.3, 0.4) is 0 Å². The molecule has 0 saturated heterocycles. The predicted octanol–water partition coefficient (Wildman–Crippen LogP) is 2.73. The minimum absolute atomic E-state index is 0.0476. The molecule has 0 aliphatic heterocycles. The highest BCUT2D eigenvalue weighted by molar-refractivity contribution is 9.10. The summed E-state index contributed by atoms with van der Waals surface area (Å²) in [5.41, 5.74) is 6.87. The molecule has 2 N–H and O–H groups in total. The second kappa shape index (κ2) is 5.76. The second-order valence-electron chi connectivity index (χ2n) is 4.32. The highest BCUT2D eigenvalue weighted by atomic mass is 79.9. The van der Waals surface area contributed by atoms with Crippen LogP contribution in [0.15, 0.2) is 51.8 Å². The van der Waals surface area contributed by atoms with E-state index in [4.69, 9.17) is 11.0 Å². The summed E-state index contributed by atoms with van der Waals surface area (Å²) in [5, 5.41) is 8.87. The molecule has 21 heavy (non-hydrogen) atoms. The molecule has 108 valence electrons. The van der Waals surface area contributed by atoms with Gasteiger partial charge in [-0.3, -0.25) is 4.31 Å². The number of hydrogen-bond donors (Lipinski definition) is 1. The summed E-state index contributed by atoms with van der Waals surface area (Å²) < 4.78 is 27.0. The molecular formula is C14H12BrN3O2S. The van der Waals surface area contributed by atoms with Gasteiger partial charge in [-0.25, -0.2) is 8.42 Å². The van der Waals surface area contributed by atoms with E-state index in [-0.39, 0.29) is 10.5 Å². The van der Waals surface area contributed by atoms with E-state index in [2.05, 4.69) is 15.9 Å². The molecular weight excluding hydrogens is 354 g/mol. The van der Waals surface area contributed by atoms with E-state index in [9.17, 15) is 8.42 Å². The quantitative estimate of drug-likeness (QED) is 0.847. The molecule has 0 spiro atoms. The van der Waals surface area contributed by atoms with Gasteiger partial charge in [-0.15, -0.1) is 0 Å². The molecule has 0 amide bonds. The number of nitriles is 1. The number of halogens is 1. The topological polar surface area (TPSA) is 87.2 Å². The summed E-state index contributed by atoms with van der Waals surface area (Å²) in [5.74, 6) is 0. The Morgan fingerprint density at radius 2 is 1.95 bits per heavy atom. The maximum Gasteiger partial charge on any atom is 0.264 e. The number of benzene rings is 2. The van der Waals surface area contributed by atoms with E-state index < -0.39 is 10.0 Å². The van der Waals surface area contributed by atoms with Crippen LogP contribution in [0.5, 0.6) is 0 Å². The van der Waals surface area contributed by atoms with Gasteiger partial charge in [-0.2, -0.15) is 5.26 Å². The Bertz CT molecular complexity index is 828. The lowest BCUT2D eigenvalue weighted by atomic mass is 10.2. The Labute approximate surface area is 131 Å². The molecule has 5 nitrogen and oxygen atoms in total. The molecule has 2 aromatic carbocycles. The Morgan fingerprint density at radius 3 is 2.57 bits per heavy atom. The average molecular weight is 366 g/mol. The first-order valence-corrected chi connectivity index (χ1v) is 8.13. The molecule has 0 unspecified atom stereocenters. The largest absolute Gasteiger partial charge is 0.397 e. The van der Waals surface area contributed by atoms with Crippen molar-refractivity contribution >= 4 is 37.3 Å². The highest BCUT2D eigenvalue weighted by Gasteiger charge is 2.23. The van der Waals surface area contributed by atoms with E-state index in [0.29, 0.717) is 11.4 Å². The van der Waals surface area contributed by atoms with Crippen molar-refractivity contribution in [2.75, 3.05) is 17.1 Å². The first kappa shape index (κ1) is 15.4. The lowest BCUT2D eigenvalue weighted by Crippen LogP contribution is -2.27. The van der Waals surface area contributed by atoms with Crippen LogP contribution in [0.1, 0.15) is 5.56 Å². The van der Waals surface area contributed by atoms with Gasteiger partial charge in [0.2, 0.25) is 0 Å². The molecule has 0 aliphatic rings. The summed E-state index contributed by atoms with van der Waals surface area (Å²) >= 11 is 3.28. The first-order valence-electron chi connectivity index (χ1n) is 5.90. The average Bonchev–Trinajstić information content (AvgIpc) is 2.46. The van der Waals surface area contributed by atoms with Gasteiger partial charge in [0.05, 0.1) is 27.9 Å². The molecule has 0 aliphatic carbocycles. The van der Waals surface area contributed by atoms with Crippen LogP contribution in [-0.4, -0.2) is 15.5 Å². The predicted molar refractivity (Wildman–Crippen MR) is 85.3 cm³/mol. The fraction of sp³-hybridized carbons (Fsp3) is 0.0714. The molecule has 0 bridgehead atoms. The molecule has 0 saturated carbocycles. The standard InChI is InChI=1S/C14H12BrN3O2S/c1-18(14-6-5-11(15)8-13(14)17)21(19,20)12-4-2-3-10(7-12)9-16/h2-8H,17H2,1H3. The zero-order valence-corrected chi connectivity index (χ0v) is 13.5. The minimum atomic E-state index is -3.77. The summed E-state index contributed by atoms with van der Waals surface area (Å²) in [6, 6.07) is 12.7. The van der Waals surface area contributed by atoms with Crippen molar-refractivity contribution in [2.24, 2.45) is 0 Å². The zero-order valence-electron chi connectivity index (χ0n) is 11.1. The van der Waals surface area contributed by atoms with Crippen molar-refractivity contribution in [3.05, 3.63) is 52.5 Å². The van der Waals surface area contributed by atoms with Gasteiger partial charge in [0.15, 0.2) is 0 Å². The highest BCUT2D eigenvalue weighted by Crippen LogP contribution is 2.30. The van der Waals surface area contributed by atoms with Gasteiger partial charge in [-0.1, -0.05) is 22.0 Å². The zero-order chi connectivity index (χ0) is 15.6. The van der Waals surface area contributed by atoms with Crippen LogP contribution in [0.2, 0.25) is 0 Å². The van der Waals surface area contributed by atoms with Crippen molar-refractivity contribution in [3.63, 3.8) is 0 Å². The van der Waals surface area contributed by atoms with E-state index in [1.807, 2.05) is 6.07 Å². The van der Waals surface area contributed by atoms with Gasteiger partial charge in [0, 0.05) is 11.5 Å².